The highest BCUT2D eigenvalue weighted by atomic mass is 19.1. The zero-order valence-corrected chi connectivity index (χ0v) is 14.4. The fourth-order valence-corrected chi connectivity index (χ4v) is 2.33. The molecule has 134 valence electrons. The first kappa shape index (κ1) is 17.8. The third kappa shape index (κ3) is 4.73. The molecule has 0 aliphatic carbocycles. The predicted octanol–water partition coefficient (Wildman–Crippen LogP) is 3.08. The van der Waals surface area contributed by atoms with Gasteiger partial charge < -0.3 is 15.7 Å². The number of nitrogens with one attached hydrogen (secondary N) is 2. The van der Waals surface area contributed by atoms with Gasteiger partial charge in [0.1, 0.15) is 11.6 Å². The van der Waals surface area contributed by atoms with Crippen LogP contribution < -0.4 is 10.6 Å². The van der Waals surface area contributed by atoms with Gasteiger partial charge in [-0.3, -0.25) is 4.98 Å². The van der Waals surface area contributed by atoms with Gasteiger partial charge in [-0.2, -0.15) is 4.98 Å². The van der Waals surface area contributed by atoms with Gasteiger partial charge in [-0.25, -0.2) is 9.37 Å². The highest BCUT2D eigenvalue weighted by Crippen LogP contribution is 2.21. The number of aromatic nitrogens is 3. The lowest BCUT2D eigenvalue weighted by atomic mass is 10.2. The molecule has 0 radical (unpaired) electrons. The highest BCUT2D eigenvalue weighted by Gasteiger charge is 2.09. The van der Waals surface area contributed by atoms with Gasteiger partial charge in [0.15, 0.2) is 0 Å². The number of anilines is 2. The summed E-state index contributed by atoms with van der Waals surface area (Å²) >= 11 is 0. The van der Waals surface area contributed by atoms with Crippen molar-refractivity contribution in [3.8, 4) is 11.3 Å². The summed E-state index contributed by atoms with van der Waals surface area (Å²) in [5, 5.41) is 15.6. The van der Waals surface area contributed by atoms with Gasteiger partial charge in [-0.05, 0) is 36.8 Å². The minimum atomic E-state index is -0.264. The summed E-state index contributed by atoms with van der Waals surface area (Å²) in [7, 11) is 0. The van der Waals surface area contributed by atoms with E-state index < -0.39 is 0 Å². The Kier molecular flexibility index (Phi) is 5.70. The van der Waals surface area contributed by atoms with Crippen molar-refractivity contribution >= 4 is 11.8 Å². The first-order valence-corrected chi connectivity index (χ1v) is 8.29. The van der Waals surface area contributed by atoms with Crippen LogP contribution in [0.4, 0.5) is 16.2 Å². The second kappa shape index (κ2) is 8.35. The summed E-state index contributed by atoms with van der Waals surface area (Å²) in [4.78, 5) is 13.0. The van der Waals surface area contributed by atoms with E-state index in [1.54, 1.807) is 24.5 Å². The second-order valence-corrected chi connectivity index (χ2v) is 5.91. The maximum atomic E-state index is 13.0. The summed E-state index contributed by atoms with van der Waals surface area (Å²) in [5.41, 5.74) is 2.58. The Morgan fingerprint density at radius 2 is 1.81 bits per heavy atom. The maximum absolute atomic E-state index is 13.0. The average molecular weight is 353 g/mol. The molecule has 0 amide bonds. The molecular weight excluding hydrogens is 333 g/mol. The second-order valence-electron chi connectivity index (χ2n) is 5.91. The number of aliphatic hydroxyl groups excluding tert-OH is 1. The number of pyridine rings is 1. The van der Waals surface area contributed by atoms with E-state index in [4.69, 9.17) is 0 Å². The zero-order chi connectivity index (χ0) is 18.4. The fraction of sp³-hybridized carbons (Fsp3) is 0.211. The maximum Gasteiger partial charge on any atom is 0.225 e. The van der Waals surface area contributed by atoms with Crippen LogP contribution in [-0.4, -0.2) is 32.7 Å². The first-order chi connectivity index (χ1) is 12.6. The van der Waals surface area contributed by atoms with Crippen LogP contribution in [0.25, 0.3) is 11.3 Å². The standard InChI is InChI=1S/C19H20FN5O/c1-13(12-26)23-19-24-17(15-6-8-21-9-7-15)10-18(25-19)22-11-14-2-4-16(20)5-3-14/h2-10,13,26H,11-12H2,1H3,(H2,22,23,24,25)/t13-/m1/s1. The predicted molar refractivity (Wildman–Crippen MR) is 99.2 cm³/mol. The number of hydrogen-bond donors (Lipinski definition) is 3. The normalized spacial score (nSPS) is 11.8. The Morgan fingerprint density at radius 3 is 2.50 bits per heavy atom. The Morgan fingerprint density at radius 1 is 1.08 bits per heavy atom. The van der Waals surface area contributed by atoms with E-state index in [-0.39, 0.29) is 18.5 Å². The fourth-order valence-electron chi connectivity index (χ4n) is 2.33. The number of benzene rings is 1. The van der Waals surface area contributed by atoms with Crippen molar-refractivity contribution in [2.45, 2.75) is 19.5 Å². The van der Waals surface area contributed by atoms with Gasteiger partial charge in [-0.15, -0.1) is 0 Å². The summed E-state index contributed by atoms with van der Waals surface area (Å²) in [6.07, 6.45) is 3.40. The number of hydrogen-bond acceptors (Lipinski definition) is 6. The minimum Gasteiger partial charge on any atom is -0.394 e. The van der Waals surface area contributed by atoms with Crippen LogP contribution in [0.1, 0.15) is 12.5 Å². The van der Waals surface area contributed by atoms with Crippen LogP contribution in [0.5, 0.6) is 0 Å². The van der Waals surface area contributed by atoms with Crippen LogP contribution >= 0.6 is 0 Å². The van der Waals surface area contributed by atoms with E-state index in [9.17, 15) is 9.50 Å². The van der Waals surface area contributed by atoms with Gasteiger partial charge >= 0.3 is 0 Å². The molecule has 2 aromatic heterocycles. The Balaban J connectivity index is 1.85. The molecular formula is C19H20FN5O. The number of halogens is 1. The number of rotatable bonds is 7. The van der Waals surface area contributed by atoms with E-state index >= 15 is 0 Å². The summed E-state index contributed by atoms with van der Waals surface area (Å²) in [5.74, 6) is 0.784. The first-order valence-electron chi connectivity index (χ1n) is 8.29. The molecule has 0 saturated heterocycles. The van der Waals surface area contributed by atoms with Crippen molar-refractivity contribution in [3.63, 3.8) is 0 Å². The number of nitrogens with zero attached hydrogens (tertiary/aromatic N) is 3. The third-order valence-corrected chi connectivity index (χ3v) is 3.74. The monoisotopic (exact) mass is 353 g/mol. The van der Waals surface area contributed by atoms with Gasteiger partial charge in [0.2, 0.25) is 5.95 Å². The largest absolute Gasteiger partial charge is 0.394 e. The molecule has 3 aromatic rings. The number of aliphatic hydroxyl groups is 1. The molecule has 0 fully saturated rings. The molecule has 3 N–H and O–H groups in total. The van der Waals surface area contributed by atoms with Crippen LogP contribution in [0.3, 0.4) is 0 Å². The Labute approximate surface area is 151 Å². The van der Waals surface area contributed by atoms with Gasteiger partial charge in [0, 0.05) is 36.6 Å². The Hall–Kier alpha value is -3.06. The molecule has 0 bridgehead atoms. The summed E-state index contributed by atoms with van der Waals surface area (Å²) in [6, 6.07) is 11.7. The average Bonchev–Trinajstić information content (AvgIpc) is 2.68. The molecule has 0 saturated carbocycles. The molecule has 0 unspecified atom stereocenters. The lowest BCUT2D eigenvalue weighted by Gasteiger charge is -2.14. The summed E-state index contributed by atoms with van der Waals surface area (Å²) < 4.78 is 13.0. The molecule has 3 rings (SSSR count). The van der Waals surface area contributed by atoms with Crippen LogP contribution in [0.2, 0.25) is 0 Å². The van der Waals surface area contributed by atoms with Crippen LogP contribution in [0.15, 0.2) is 54.9 Å². The minimum absolute atomic E-state index is 0.0266. The molecule has 0 aliphatic heterocycles. The van der Waals surface area contributed by atoms with Crippen molar-refractivity contribution in [1.29, 1.82) is 0 Å². The van der Waals surface area contributed by atoms with E-state index in [1.165, 1.54) is 12.1 Å². The third-order valence-electron chi connectivity index (χ3n) is 3.74. The van der Waals surface area contributed by atoms with Crippen molar-refractivity contribution in [1.82, 2.24) is 15.0 Å². The molecule has 7 heteroatoms. The molecule has 1 aromatic carbocycles. The molecule has 2 heterocycles. The van der Waals surface area contributed by atoms with E-state index in [2.05, 4.69) is 25.6 Å². The molecule has 0 aliphatic rings. The quantitative estimate of drug-likeness (QED) is 0.605. The lowest BCUT2D eigenvalue weighted by molar-refractivity contribution is 0.281. The van der Waals surface area contributed by atoms with Crippen LogP contribution in [-0.2, 0) is 6.54 Å². The van der Waals surface area contributed by atoms with Crippen LogP contribution in [0, 0.1) is 5.82 Å². The van der Waals surface area contributed by atoms with E-state index in [0.717, 1.165) is 16.8 Å². The van der Waals surface area contributed by atoms with Gasteiger partial charge in [0.05, 0.1) is 12.3 Å². The van der Waals surface area contributed by atoms with Gasteiger partial charge in [0.25, 0.3) is 0 Å². The zero-order valence-electron chi connectivity index (χ0n) is 14.4. The lowest BCUT2D eigenvalue weighted by Crippen LogP contribution is -2.21. The van der Waals surface area contributed by atoms with E-state index in [0.29, 0.717) is 18.3 Å². The van der Waals surface area contributed by atoms with Crippen molar-refractivity contribution in [2.75, 3.05) is 17.2 Å². The molecule has 0 spiro atoms. The van der Waals surface area contributed by atoms with Gasteiger partial charge in [-0.1, -0.05) is 12.1 Å². The Bertz CT molecular complexity index is 842. The van der Waals surface area contributed by atoms with E-state index in [1.807, 2.05) is 25.1 Å². The SMILES string of the molecule is C[C@H](CO)Nc1nc(NCc2ccc(F)cc2)cc(-c2ccncc2)n1. The highest BCUT2D eigenvalue weighted by molar-refractivity contribution is 5.64. The molecule has 6 nitrogen and oxygen atoms in total. The smallest absolute Gasteiger partial charge is 0.225 e. The van der Waals surface area contributed by atoms with Crippen molar-refractivity contribution < 1.29 is 9.50 Å². The molecule has 26 heavy (non-hydrogen) atoms. The van der Waals surface area contributed by atoms with Crippen molar-refractivity contribution in [2.24, 2.45) is 0 Å². The summed E-state index contributed by atoms with van der Waals surface area (Å²) in [6.45, 7) is 2.32. The van der Waals surface area contributed by atoms with Crippen molar-refractivity contribution in [3.05, 3.63) is 66.2 Å². The topological polar surface area (TPSA) is 83.0 Å². The molecule has 1 atom stereocenters.